The van der Waals surface area contributed by atoms with E-state index in [1.165, 1.54) is 0 Å². The molecule has 0 radical (unpaired) electrons. The Balaban J connectivity index is 1.68. The standard InChI is InChI=1S/C22H26N6/c1-24-20-13-17(4-3-16(20)7-8-23)18-14-21-19(25-15-18)5-6-22(26-21)28-11-9-27(2)10-12-28/h3-6,13-15H,1,7-12,23H2,2H3. The number of likely N-dealkylation sites (N-methyl/N-ethyl adjacent to an activating group) is 1. The molecular formula is C22H26N6. The quantitative estimate of drug-likeness (QED) is 0.696. The molecule has 1 saturated heterocycles. The number of pyridine rings is 2. The topological polar surface area (TPSA) is 70.6 Å². The third-order valence-corrected chi connectivity index (χ3v) is 5.35. The number of rotatable bonds is 5. The molecule has 1 aliphatic heterocycles. The lowest BCUT2D eigenvalue weighted by Gasteiger charge is -2.33. The highest BCUT2D eigenvalue weighted by molar-refractivity contribution is 5.82. The van der Waals surface area contributed by atoms with Crippen molar-refractivity contribution in [2.24, 2.45) is 10.7 Å². The Morgan fingerprint density at radius 2 is 1.86 bits per heavy atom. The molecule has 2 N–H and O–H groups in total. The van der Waals surface area contributed by atoms with Crippen LogP contribution >= 0.6 is 0 Å². The minimum Gasteiger partial charge on any atom is -0.354 e. The summed E-state index contributed by atoms with van der Waals surface area (Å²) in [5.41, 5.74) is 11.6. The smallest absolute Gasteiger partial charge is 0.129 e. The van der Waals surface area contributed by atoms with E-state index in [4.69, 9.17) is 10.7 Å². The van der Waals surface area contributed by atoms with Gasteiger partial charge < -0.3 is 15.5 Å². The zero-order valence-corrected chi connectivity index (χ0v) is 16.3. The second-order valence-electron chi connectivity index (χ2n) is 7.26. The van der Waals surface area contributed by atoms with Crippen LogP contribution < -0.4 is 10.6 Å². The van der Waals surface area contributed by atoms with Crippen molar-refractivity contribution < 1.29 is 0 Å². The summed E-state index contributed by atoms with van der Waals surface area (Å²) in [4.78, 5) is 18.4. The van der Waals surface area contributed by atoms with Crippen LogP contribution in [0.4, 0.5) is 11.5 Å². The van der Waals surface area contributed by atoms with Gasteiger partial charge in [0.2, 0.25) is 0 Å². The van der Waals surface area contributed by atoms with Crippen LogP contribution in [0.5, 0.6) is 0 Å². The number of hydrogen-bond donors (Lipinski definition) is 1. The molecule has 4 rings (SSSR count). The highest BCUT2D eigenvalue weighted by Gasteiger charge is 2.16. The fourth-order valence-electron chi connectivity index (χ4n) is 3.62. The van der Waals surface area contributed by atoms with Crippen LogP contribution in [0.2, 0.25) is 0 Å². The van der Waals surface area contributed by atoms with Crippen molar-refractivity contribution in [3.8, 4) is 11.1 Å². The number of nitrogens with two attached hydrogens (primary N) is 1. The number of anilines is 1. The Morgan fingerprint density at radius 1 is 1.04 bits per heavy atom. The number of aliphatic imine (C=N–C) groups is 1. The first-order valence-electron chi connectivity index (χ1n) is 9.68. The van der Waals surface area contributed by atoms with Crippen LogP contribution in [0, 0.1) is 0 Å². The molecular weight excluding hydrogens is 348 g/mol. The van der Waals surface area contributed by atoms with E-state index in [1.54, 1.807) is 0 Å². The first kappa shape index (κ1) is 18.5. The van der Waals surface area contributed by atoms with Crippen LogP contribution in [0.1, 0.15) is 5.56 Å². The van der Waals surface area contributed by atoms with Crippen molar-refractivity contribution in [3.05, 3.63) is 48.2 Å². The monoisotopic (exact) mass is 374 g/mol. The molecule has 0 spiro atoms. The molecule has 28 heavy (non-hydrogen) atoms. The van der Waals surface area contributed by atoms with Crippen LogP contribution in [0.3, 0.4) is 0 Å². The third kappa shape index (κ3) is 3.74. The van der Waals surface area contributed by atoms with Gasteiger partial charge in [-0.1, -0.05) is 12.1 Å². The normalized spacial score (nSPS) is 15.1. The second kappa shape index (κ2) is 8.04. The first-order chi connectivity index (χ1) is 13.7. The highest BCUT2D eigenvalue weighted by atomic mass is 15.3. The van der Waals surface area contributed by atoms with Gasteiger partial charge in [0.1, 0.15) is 5.82 Å². The van der Waals surface area contributed by atoms with Gasteiger partial charge in [0.15, 0.2) is 0 Å². The zero-order valence-electron chi connectivity index (χ0n) is 16.3. The Hall–Kier alpha value is -2.83. The van der Waals surface area contributed by atoms with E-state index in [0.717, 1.165) is 71.8 Å². The fraction of sp³-hybridized carbons (Fsp3) is 0.318. The number of piperazine rings is 1. The molecule has 0 amide bonds. The lowest BCUT2D eigenvalue weighted by molar-refractivity contribution is 0.312. The number of hydrogen-bond acceptors (Lipinski definition) is 6. The van der Waals surface area contributed by atoms with Gasteiger partial charge in [0.25, 0.3) is 0 Å². The average Bonchev–Trinajstić information content (AvgIpc) is 2.74. The summed E-state index contributed by atoms with van der Waals surface area (Å²) in [7, 11) is 2.16. The van der Waals surface area contributed by atoms with E-state index in [0.29, 0.717) is 6.54 Å². The van der Waals surface area contributed by atoms with Gasteiger partial charge in [-0.15, -0.1) is 0 Å². The molecule has 3 heterocycles. The van der Waals surface area contributed by atoms with Crippen LogP contribution in [0.15, 0.2) is 47.6 Å². The summed E-state index contributed by atoms with van der Waals surface area (Å²) in [6.45, 7) is 8.41. The van der Waals surface area contributed by atoms with Gasteiger partial charge in [-0.05, 0) is 62.1 Å². The largest absolute Gasteiger partial charge is 0.354 e. The van der Waals surface area contributed by atoms with Gasteiger partial charge in [0.05, 0.1) is 16.7 Å². The zero-order chi connectivity index (χ0) is 19.5. The summed E-state index contributed by atoms with van der Waals surface area (Å²) in [6, 6.07) is 12.4. The molecule has 3 aromatic rings. The number of nitrogens with zero attached hydrogens (tertiary/aromatic N) is 5. The molecule has 1 fully saturated rings. The molecule has 144 valence electrons. The summed E-state index contributed by atoms with van der Waals surface area (Å²) >= 11 is 0. The first-order valence-corrected chi connectivity index (χ1v) is 9.68. The molecule has 6 heteroatoms. The maximum atomic E-state index is 5.69. The predicted molar refractivity (Wildman–Crippen MR) is 117 cm³/mol. The van der Waals surface area contributed by atoms with Crippen LogP contribution in [0.25, 0.3) is 22.2 Å². The second-order valence-corrected chi connectivity index (χ2v) is 7.26. The summed E-state index contributed by atoms with van der Waals surface area (Å²) in [6.07, 6.45) is 2.69. The van der Waals surface area contributed by atoms with Gasteiger partial charge >= 0.3 is 0 Å². The molecule has 0 bridgehead atoms. The van der Waals surface area contributed by atoms with Crippen molar-refractivity contribution in [2.75, 3.05) is 44.7 Å². The van der Waals surface area contributed by atoms with Gasteiger partial charge in [-0.25, -0.2) is 4.98 Å². The Kier molecular flexibility index (Phi) is 5.32. The van der Waals surface area contributed by atoms with Crippen molar-refractivity contribution in [1.82, 2.24) is 14.9 Å². The lowest BCUT2D eigenvalue weighted by atomic mass is 10.0. The maximum absolute atomic E-state index is 5.69. The number of aromatic nitrogens is 2. The molecule has 0 aliphatic carbocycles. The Morgan fingerprint density at radius 3 is 2.61 bits per heavy atom. The lowest BCUT2D eigenvalue weighted by Crippen LogP contribution is -2.44. The number of benzene rings is 1. The van der Waals surface area contributed by atoms with E-state index in [9.17, 15) is 0 Å². The van der Waals surface area contributed by atoms with E-state index >= 15 is 0 Å². The van der Waals surface area contributed by atoms with Crippen molar-refractivity contribution >= 4 is 29.3 Å². The van der Waals surface area contributed by atoms with Gasteiger partial charge in [0, 0.05) is 37.9 Å². The van der Waals surface area contributed by atoms with E-state index in [-0.39, 0.29) is 0 Å². The molecule has 6 nitrogen and oxygen atoms in total. The SMILES string of the molecule is C=Nc1cc(-c2cnc3ccc(N4CCN(C)CC4)nc3c2)ccc1CCN. The van der Waals surface area contributed by atoms with Gasteiger partial charge in [-0.2, -0.15) is 0 Å². The Labute approximate surface area is 165 Å². The molecule has 0 saturated carbocycles. The molecule has 0 unspecified atom stereocenters. The minimum absolute atomic E-state index is 0.596. The van der Waals surface area contributed by atoms with E-state index in [2.05, 4.69) is 63.9 Å². The molecule has 1 aliphatic rings. The van der Waals surface area contributed by atoms with Crippen LogP contribution in [-0.4, -0.2) is 61.4 Å². The highest BCUT2D eigenvalue weighted by Crippen LogP contribution is 2.29. The number of fused-ring (bicyclic) bond motifs is 1. The van der Waals surface area contributed by atoms with E-state index < -0.39 is 0 Å². The van der Waals surface area contributed by atoms with Gasteiger partial charge in [-0.3, -0.25) is 9.98 Å². The van der Waals surface area contributed by atoms with Crippen molar-refractivity contribution in [1.29, 1.82) is 0 Å². The third-order valence-electron chi connectivity index (χ3n) is 5.35. The van der Waals surface area contributed by atoms with Crippen LogP contribution in [-0.2, 0) is 6.42 Å². The Bertz CT molecular complexity index is 991. The molecule has 1 aromatic carbocycles. The minimum atomic E-state index is 0.596. The summed E-state index contributed by atoms with van der Waals surface area (Å²) in [5, 5.41) is 0. The van der Waals surface area contributed by atoms with Crippen molar-refractivity contribution in [3.63, 3.8) is 0 Å². The van der Waals surface area contributed by atoms with E-state index in [1.807, 2.05) is 12.3 Å². The molecule has 2 aromatic heterocycles. The molecule has 0 atom stereocenters. The average molecular weight is 374 g/mol. The predicted octanol–water partition coefficient (Wildman–Crippen LogP) is 2.88. The summed E-state index contributed by atoms with van der Waals surface area (Å²) < 4.78 is 0. The maximum Gasteiger partial charge on any atom is 0.129 e. The van der Waals surface area contributed by atoms with Crippen molar-refractivity contribution in [2.45, 2.75) is 6.42 Å². The fourth-order valence-corrected chi connectivity index (χ4v) is 3.62. The summed E-state index contributed by atoms with van der Waals surface area (Å²) in [5.74, 6) is 1.02.